The summed E-state index contributed by atoms with van der Waals surface area (Å²) in [4.78, 5) is 10.8. The molecule has 1 aromatic heterocycles. The molecule has 0 radical (unpaired) electrons. The van der Waals surface area contributed by atoms with E-state index in [9.17, 15) is 0 Å². The van der Waals surface area contributed by atoms with Crippen LogP contribution in [0.2, 0.25) is 5.15 Å². The summed E-state index contributed by atoms with van der Waals surface area (Å²) in [5, 5.41) is 3.62. The van der Waals surface area contributed by atoms with Crippen LogP contribution in [0.4, 0.5) is 11.8 Å². The SMILES string of the molecule is CCCNc1nc(Cl)cc(N2CCOCC2)n1. The first kappa shape index (κ1) is 12.4. The Morgan fingerprint density at radius 3 is 2.88 bits per heavy atom. The van der Waals surface area contributed by atoms with Gasteiger partial charge in [-0.3, -0.25) is 0 Å². The van der Waals surface area contributed by atoms with Crippen molar-refractivity contribution in [3.8, 4) is 0 Å². The fourth-order valence-corrected chi connectivity index (χ4v) is 1.85. The van der Waals surface area contributed by atoms with Crippen molar-refractivity contribution in [1.29, 1.82) is 0 Å². The van der Waals surface area contributed by atoms with Crippen molar-refractivity contribution in [3.05, 3.63) is 11.2 Å². The van der Waals surface area contributed by atoms with E-state index in [0.717, 1.165) is 45.1 Å². The van der Waals surface area contributed by atoms with Gasteiger partial charge in [0.1, 0.15) is 11.0 Å². The van der Waals surface area contributed by atoms with E-state index in [1.54, 1.807) is 6.07 Å². The molecule has 1 fully saturated rings. The van der Waals surface area contributed by atoms with Gasteiger partial charge in [-0.25, -0.2) is 4.98 Å². The zero-order chi connectivity index (χ0) is 12.1. The molecule has 94 valence electrons. The molecule has 0 saturated carbocycles. The van der Waals surface area contributed by atoms with Crippen LogP contribution in [-0.2, 0) is 4.74 Å². The Kier molecular flexibility index (Phi) is 4.39. The normalized spacial score (nSPS) is 16.0. The van der Waals surface area contributed by atoms with Gasteiger partial charge < -0.3 is 15.0 Å². The topological polar surface area (TPSA) is 50.3 Å². The highest BCUT2D eigenvalue weighted by atomic mass is 35.5. The van der Waals surface area contributed by atoms with Crippen LogP contribution in [0.1, 0.15) is 13.3 Å². The summed E-state index contributed by atoms with van der Waals surface area (Å²) in [7, 11) is 0. The molecule has 2 rings (SSSR count). The maximum Gasteiger partial charge on any atom is 0.226 e. The average molecular weight is 257 g/mol. The number of anilines is 2. The number of hydrogen-bond donors (Lipinski definition) is 1. The predicted molar refractivity (Wildman–Crippen MR) is 68.9 cm³/mol. The summed E-state index contributed by atoms with van der Waals surface area (Å²) < 4.78 is 5.31. The van der Waals surface area contributed by atoms with Crippen molar-refractivity contribution in [2.24, 2.45) is 0 Å². The minimum Gasteiger partial charge on any atom is -0.378 e. The molecule has 0 unspecified atom stereocenters. The number of ether oxygens (including phenoxy) is 1. The molecule has 0 spiro atoms. The molecule has 6 heteroatoms. The number of rotatable bonds is 4. The van der Waals surface area contributed by atoms with E-state index in [4.69, 9.17) is 16.3 Å². The van der Waals surface area contributed by atoms with E-state index in [-0.39, 0.29) is 0 Å². The number of hydrogen-bond acceptors (Lipinski definition) is 5. The lowest BCUT2D eigenvalue weighted by atomic mass is 10.4. The highest BCUT2D eigenvalue weighted by molar-refractivity contribution is 6.29. The molecular weight excluding hydrogens is 240 g/mol. The van der Waals surface area contributed by atoms with Gasteiger partial charge in [0.2, 0.25) is 5.95 Å². The fourth-order valence-electron chi connectivity index (χ4n) is 1.68. The van der Waals surface area contributed by atoms with E-state index in [1.165, 1.54) is 0 Å². The van der Waals surface area contributed by atoms with Crippen molar-refractivity contribution >= 4 is 23.4 Å². The van der Waals surface area contributed by atoms with Crippen molar-refractivity contribution in [2.45, 2.75) is 13.3 Å². The molecule has 1 N–H and O–H groups in total. The molecule has 0 amide bonds. The van der Waals surface area contributed by atoms with E-state index in [0.29, 0.717) is 11.1 Å². The van der Waals surface area contributed by atoms with E-state index < -0.39 is 0 Å². The molecule has 0 aliphatic carbocycles. The second-order valence-electron chi connectivity index (χ2n) is 3.90. The largest absolute Gasteiger partial charge is 0.378 e. The third-order valence-electron chi connectivity index (χ3n) is 2.55. The number of aromatic nitrogens is 2. The Labute approximate surface area is 106 Å². The molecule has 1 aromatic rings. The monoisotopic (exact) mass is 256 g/mol. The van der Waals surface area contributed by atoms with Gasteiger partial charge in [-0.2, -0.15) is 4.98 Å². The van der Waals surface area contributed by atoms with Crippen molar-refractivity contribution in [1.82, 2.24) is 9.97 Å². The molecule has 1 aliphatic heterocycles. The van der Waals surface area contributed by atoms with Gasteiger partial charge >= 0.3 is 0 Å². The van der Waals surface area contributed by atoms with Crippen LogP contribution in [0.3, 0.4) is 0 Å². The standard InChI is InChI=1S/C11H17ClN4O/c1-2-3-13-11-14-9(12)8-10(15-11)16-4-6-17-7-5-16/h8H,2-7H2,1H3,(H,13,14,15). The Morgan fingerprint density at radius 1 is 1.41 bits per heavy atom. The molecule has 0 bridgehead atoms. The van der Waals surface area contributed by atoms with Gasteiger partial charge in [-0.15, -0.1) is 0 Å². The molecule has 0 aromatic carbocycles. The Bertz CT molecular complexity index is 368. The molecular formula is C11H17ClN4O. The van der Waals surface area contributed by atoms with Crippen molar-refractivity contribution in [2.75, 3.05) is 43.1 Å². The molecule has 5 nitrogen and oxygen atoms in total. The molecule has 1 saturated heterocycles. The zero-order valence-electron chi connectivity index (χ0n) is 9.95. The summed E-state index contributed by atoms with van der Waals surface area (Å²) in [6.45, 7) is 6.11. The second-order valence-corrected chi connectivity index (χ2v) is 4.29. The summed E-state index contributed by atoms with van der Waals surface area (Å²) in [5.41, 5.74) is 0. The van der Waals surface area contributed by atoms with Crippen LogP contribution < -0.4 is 10.2 Å². The average Bonchev–Trinajstić information content (AvgIpc) is 2.37. The number of halogens is 1. The van der Waals surface area contributed by atoms with Gasteiger partial charge in [0.25, 0.3) is 0 Å². The van der Waals surface area contributed by atoms with Crippen molar-refractivity contribution < 1.29 is 4.74 Å². The van der Waals surface area contributed by atoms with Gasteiger partial charge in [0, 0.05) is 25.7 Å². The van der Waals surface area contributed by atoms with Gasteiger partial charge in [-0.05, 0) is 6.42 Å². The minimum absolute atomic E-state index is 0.472. The first-order valence-corrected chi connectivity index (χ1v) is 6.28. The maximum absolute atomic E-state index is 6.00. The van der Waals surface area contributed by atoms with E-state index in [2.05, 4.69) is 27.1 Å². The summed E-state index contributed by atoms with van der Waals surface area (Å²) in [6.07, 6.45) is 1.03. The lowest BCUT2D eigenvalue weighted by molar-refractivity contribution is 0.122. The van der Waals surface area contributed by atoms with Crippen LogP contribution in [-0.4, -0.2) is 42.8 Å². The van der Waals surface area contributed by atoms with Crippen LogP contribution in [0, 0.1) is 0 Å². The van der Waals surface area contributed by atoms with Crippen LogP contribution in [0.15, 0.2) is 6.07 Å². The summed E-state index contributed by atoms with van der Waals surface area (Å²) in [5.74, 6) is 1.47. The maximum atomic E-state index is 6.00. The summed E-state index contributed by atoms with van der Waals surface area (Å²) >= 11 is 6.00. The number of nitrogens with zero attached hydrogens (tertiary/aromatic N) is 3. The summed E-state index contributed by atoms with van der Waals surface area (Å²) in [6, 6.07) is 1.80. The van der Waals surface area contributed by atoms with Crippen LogP contribution in [0.5, 0.6) is 0 Å². The highest BCUT2D eigenvalue weighted by Gasteiger charge is 2.14. The number of morpholine rings is 1. The van der Waals surface area contributed by atoms with Gasteiger partial charge in [0.05, 0.1) is 13.2 Å². The first-order valence-electron chi connectivity index (χ1n) is 5.90. The molecule has 2 heterocycles. The minimum atomic E-state index is 0.472. The van der Waals surface area contributed by atoms with E-state index >= 15 is 0 Å². The van der Waals surface area contributed by atoms with Crippen molar-refractivity contribution in [3.63, 3.8) is 0 Å². The lowest BCUT2D eigenvalue weighted by Crippen LogP contribution is -2.36. The Balaban J connectivity index is 2.12. The highest BCUT2D eigenvalue weighted by Crippen LogP contribution is 2.19. The second kappa shape index (κ2) is 6.02. The van der Waals surface area contributed by atoms with E-state index in [1.807, 2.05) is 0 Å². The number of nitrogens with one attached hydrogen (secondary N) is 1. The Hall–Kier alpha value is -1.07. The predicted octanol–water partition coefficient (Wildman–Crippen LogP) is 1.79. The third kappa shape index (κ3) is 3.44. The third-order valence-corrected chi connectivity index (χ3v) is 2.74. The van der Waals surface area contributed by atoms with Gasteiger partial charge in [-0.1, -0.05) is 18.5 Å². The molecule has 17 heavy (non-hydrogen) atoms. The lowest BCUT2D eigenvalue weighted by Gasteiger charge is -2.28. The fraction of sp³-hybridized carbons (Fsp3) is 0.636. The smallest absolute Gasteiger partial charge is 0.226 e. The quantitative estimate of drug-likeness (QED) is 0.833. The van der Waals surface area contributed by atoms with Crippen LogP contribution in [0.25, 0.3) is 0 Å². The first-order chi connectivity index (χ1) is 8.29. The molecule has 0 atom stereocenters. The van der Waals surface area contributed by atoms with Gasteiger partial charge in [0.15, 0.2) is 0 Å². The zero-order valence-corrected chi connectivity index (χ0v) is 10.7. The molecule has 1 aliphatic rings. The Morgan fingerprint density at radius 2 is 2.18 bits per heavy atom. The van der Waals surface area contributed by atoms with Crippen LogP contribution >= 0.6 is 11.6 Å².